The third kappa shape index (κ3) is 4.96. The van der Waals surface area contributed by atoms with E-state index in [9.17, 15) is 13.2 Å². The summed E-state index contributed by atoms with van der Waals surface area (Å²) in [5, 5.41) is 3.88. The van der Waals surface area contributed by atoms with E-state index < -0.39 is 10.0 Å². The Morgan fingerprint density at radius 1 is 1.07 bits per heavy atom. The lowest BCUT2D eigenvalue weighted by Crippen LogP contribution is -2.25. The number of anilines is 1. The molecule has 3 aromatic rings. The Bertz CT molecular complexity index is 1080. The van der Waals surface area contributed by atoms with Crippen LogP contribution in [-0.4, -0.2) is 25.9 Å². The molecule has 6 nitrogen and oxygen atoms in total. The van der Waals surface area contributed by atoms with Gasteiger partial charge in [0.05, 0.1) is 15.6 Å². The number of hydrogen-bond donors (Lipinski definition) is 2. The monoisotopic (exact) mass is 415 g/mol. The van der Waals surface area contributed by atoms with Crippen LogP contribution in [0.4, 0.5) is 5.69 Å². The molecular formula is C20H21N3O3S2. The minimum absolute atomic E-state index is 0.167. The number of amides is 1. The van der Waals surface area contributed by atoms with Gasteiger partial charge >= 0.3 is 0 Å². The molecule has 0 atom stereocenters. The molecule has 0 aliphatic rings. The van der Waals surface area contributed by atoms with Gasteiger partial charge in [0.15, 0.2) is 0 Å². The highest BCUT2D eigenvalue weighted by atomic mass is 32.2. The van der Waals surface area contributed by atoms with Crippen molar-refractivity contribution in [3.8, 4) is 0 Å². The zero-order valence-electron chi connectivity index (χ0n) is 15.6. The van der Waals surface area contributed by atoms with Crippen molar-refractivity contribution in [2.75, 3.05) is 11.3 Å². The van der Waals surface area contributed by atoms with Gasteiger partial charge in [0, 0.05) is 29.1 Å². The average molecular weight is 416 g/mol. The second-order valence-electron chi connectivity index (χ2n) is 6.25. The number of thiazole rings is 1. The van der Waals surface area contributed by atoms with Crippen molar-refractivity contribution in [3.05, 3.63) is 75.7 Å². The second-order valence-corrected chi connectivity index (χ2v) is 9.22. The van der Waals surface area contributed by atoms with Gasteiger partial charge < -0.3 is 5.32 Å². The predicted molar refractivity (Wildman–Crippen MR) is 111 cm³/mol. The number of carbonyl (C=O) groups is 1. The molecule has 8 heteroatoms. The minimum Gasteiger partial charge on any atom is -0.352 e. The Morgan fingerprint density at radius 3 is 2.50 bits per heavy atom. The summed E-state index contributed by atoms with van der Waals surface area (Å²) in [5.41, 5.74) is 1.73. The first-order valence-electron chi connectivity index (χ1n) is 8.74. The lowest BCUT2D eigenvalue weighted by atomic mass is 10.2. The summed E-state index contributed by atoms with van der Waals surface area (Å²) in [5.74, 6) is -0.250. The number of sulfonamides is 1. The van der Waals surface area contributed by atoms with E-state index in [1.54, 1.807) is 47.7 Å². The van der Waals surface area contributed by atoms with Gasteiger partial charge in [-0.15, -0.1) is 11.3 Å². The van der Waals surface area contributed by atoms with Crippen LogP contribution >= 0.6 is 11.3 Å². The highest BCUT2D eigenvalue weighted by molar-refractivity contribution is 7.92. The van der Waals surface area contributed by atoms with Crippen LogP contribution in [0.1, 0.15) is 25.9 Å². The lowest BCUT2D eigenvalue weighted by molar-refractivity contribution is 0.0954. The highest BCUT2D eigenvalue weighted by Crippen LogP contribution is 2.18. The zero-order valence-corrected chi connectivity index (χ0v) is 17.2. The van der Waals surface area contributed by atoms with Gasteiger partial charge in [-0.25, -0.2) is 13.4 Å². The fraction of sp³-hybridized carbons (Fsp3) is 0.200. The molecule has 0 bridgehead atoms. The Balaban J connectivity index is 1.64. The number of carbonyl (C=O) groups excluding carboxylic acids is 1. The van der Waals surface area contributed by atoms with E-state index in [-0.39, 0.29) is 10.8 Å². The summed E-state index contributed by atoms with van der Waals surface area (Å²) in [6, 6.07) is 14.5. The minimum atomic E-state index is -3.70. The number of hydrogen-bond acceptors (Lipinski definition) is 5. The van der Waals surface area contributed by atoms with Gasteiger partial charge in [0.1, 0.15) is 0 Å². The molecule has 0 saturated heterocycles. The van der Waals surface area contributed by atoms with Crippen LogP contribution in [0.2, 0.25) is 0 Å². The highest BCUT2D eigenvalue weighted by Gasteiger charge is 2.14. The fourth-order valence-electron chi connectivity index (χ4n) is 2.73. The maximum Gasteiger partial charge on any atom is 0.261 e. The molecule has 0 saturated carbocycles. The van der Waals surface area contributed by atoms with Crippen molar-refractivity contribution in [1.82, 2.24) is 10.3 Å². The molecule has 2 N–H and O–H groups in total. The van der Waals surface area contributed by atoms with Crippen LogP contribution in [-0.2, 0) is 16.4 Å². The quantitative estimate of drug-likeness (QED) is 0.618. The van der Waals surface area contributed by atoms with Crippen LogP contribution in [0, 0.1) is 13.8 Å². The van der Waals surface area contributed by atoms with Crippen molar-refractivity contribution in [1.29, 1.82) is 0 Å². The smallest absolute Gasteiger partial charge is 0.261 e. The number of benzene rings is 2. The number of aromatic nitrogens is 1. The van der Waals surface area contributed by atoms with E-state index in [2.05, 4.69) is 15.0 Å². The Labute approximate surface area is 168 Å². The predicted octanol–water partition coefficient (Wildman–Crippen LogP) is 3.53. The molecule has 1 aromatic heterocycles. The van der Waals surface area contributed by atoms with Crippen molar-refractivity contribution in [3.63, 3.8) is 0 Å². The molecule has 1 heterocycles. The molecule has 0 fully saturated rings. The van der Waals surface area contributed by atoms with Crippen molar-refractivity contribution < 1.29 is 13.2 Å². The van der Waals surface area contributed by atoms with E-state index in [1.807, 2.05) is 13.8 Å². The van der Waals surface area contributed by atoms with Crippen LogP contribution in [0.5, 0.6) is 0 Å². The molecule has 1 amide bonds. The van der Waals surface area contributed by atoms with Crippen LogP contribution in [0.25, 0.3) is 0 Å². The lowest BCUT2D eigenvalue weighted by Gasteiger charge is -2.10. The van der Waals surface area contributed by atoms with Crippen molar-refractivity contribution in [2.24, 2.45) is 0 Å². The first kappa shape index (κ1) is 20.0. The Kier molecular flexibility index (Phi) is 6.11. The summed E-state index contributed by atoms with van der Waals surface area (Å²) in [7, 11) is -3.70. The van der Waals surface area contributed by atoms with Crippen LogP contribution in [0.3, 0.4) is 0 Å². The van der Waals surface area contributed by atoms with Gasteiger partial charge in [-0.1, -0.05) is 24.3 Å². The maximum atomic E-state index is 12.4. The molecular weight excluding hydrogens is 394 g/mol. The average Bonchev–Trinajstić information content (AvgIpc) is 2.99. The Hall–Kier alpha value is -2.71. The van der Waals surface area contributed by atoms with Crippen molar-refractivity contribution in [2.45, 2.75) is 25.2 Å². The molecule has 28 heavy (non-hydrogen) atoms. The van der Waals surface area contributed by atoms with Gasteiger partial charge in [-0.3, -0.25) is 9.52 Å². The molecule has 146 valence electrons. The molecule has 0 unspecified atom stereocenters. The van der Waals surface area contributed by atoms with E-state index in [1.165, 1.54) is 18.2 Å². The second kappa shape index (κ2) is 8.53. The van der Waals surface area contributed by atoms with E-state index in [0.717, 1.165) is 15.6 Å². The largest absolute Gasteiger partial charge is 0.352 e. The van der Waals surface area contributed by atoms with Crippen LogP contribution in [0.15, 0.2) is 59.5 Å². The molecule has 0 spiro atoms. The summed E-state index contributed by atoms with van der Waals surface area (Å²) in [4.78, 5) is 18.1. The van der Waals surface area contributed by atoms with E-state index in [4.69, 9.17) is 0 Å². The van der Waals surface area contributed by atoms with Gasteiger partial charge in [0.2, 0.25) is 0 Å². The van der Waals surface area contributed by atoms with E-state index in [0.29, 0.717) is 24.2 Å². The first-order chi connectivity index (χ1) is 13.3. The van der Waals surface area contributed by atoms with Gasteiger partial charge in [-0.05, 0) is 44.2 Å². The molecule has 0 aliphatic heterocycles. The molecule has 0 aliphatic carbocycles. The first-order valence-corrected chi connectivity index (χ1v) is 11.0. The third-order valence-electron chi connectivity index (χ3n) is 4.07. The summed E-state index contributed by atoms with van der Waals surface area (Å²) >= 11 is 1.63. The molecule has 3 rings (SSSR count). The zero-order chi connectivity index (χ0) is 20.1. The number of rotatable bonds is 7. The summed E-state index contributed by atoms with van der Waals surface area (Å²) in [6.07, 6.45) is 0.712. The normalized spacial score (nSPS) is 11.2. The van der Waals surface area contributed by atoms with Crippen LogP contribution < -0.4 is 10.0 Å². The molecule has 2 aromatic carbocycles. The number of nitrogens with zero attached hydrogens (tertiary/aromatic N) is 1. The molecule has 0 radical (unpaired) electrons. The summed E-state index contributed by atoms with van der Waals surface area (Å²) in [6.45, 7) is 4.41. The van der Waals surface area contributed by atoms with Crippen molar-refractivity contribution >= 4 is 33.0 Å². The third-order valence-corrected chi connectivity index (χ3v) is 6.60. The van der Waals surface area contributed by atoms with Gasteiger partial charge in [-0.2, -0.15) is 0 Å². The fourth-order valence-corrected chi connectivity index (χ4v) is 4.74. The summed E-state index contributed by atoms with van der Waals surface area (Å²) < 4.78 is 27.4. The standard InChI is InChI=1S/C20H21N3O3S2/c1-14-19(27-15(2)22-14)11-12-21-20(24)16-7-6-8-17(13-16)23-28(25,26)18-9-4-3-5-10-18/h3-10,13,23H,11-12H2,1-2H3,(H,21,24). The topological polar surface area (TPSA) is 88.2 Å². The van der Waals surface area contributed by atoms with Gasteiger partial charge in [0.25, 0.3) is 15.9 Å². The maximum absolute atomic E-state index is 12.4. The SMILES string of the molecule is Cc1nc(C)c(CCNC(=O)c2cccc(NS(=O)(=O)c3ccccc3)c2)s1. The Morgan fingerprint density at radius 2 is 1.82 bits per heavy atom. The number of aryl methyl sites for hydroxylation is 2. The van der Waals surface area contributed by atoms with E-state index >= 15 is 0 Å². The number of nitrogens with one attached hydrogen (secondary N) is 2.